The molecule has 0 radical (unpaired) electrons. The Kier molecular flexibility index (Phi) is 4.80. The van der Waals surface area contributed by atoms with E-state index >= 15 is 0 Å². The van der Waals surface area contributed by atoms with E-state index in [1.165, 1.54) is 0 Å². The molecule has 0 saturated heterocycles. The van der Waals surface area contributed by atoms with Crippen LogP contribution in [0.1, 0.15) is 20.8 Å². The molecular formula is C9H15NO3. The van der Waals surface area contributed by atoms with Gasteiger partial charge in [-0.05, 0) is 26.8 Å². The highest BCUT2D eigenvalue weighted by Crippen LogP contribution is 1.93. The van der Waals surface area contributed by atoms with E-state index in [4.69, 9.17) is 4.74 Å². The number of hydrogen-bond acceptors (Lipinski definition) is 3. The smallest absolute Gasteiger partial charge is 0.328 e. The maximum absolute atomic E-state index is 11.1. The predicted octanol–water partition coefficient (Wildman–Crippen LogP) is 0.629. The van der Waals surface area contributed by atoms with Gasteiger partial charge in [-0.1, -0.05) is 6.58 Å². The summed E-state index contributed by atoms with van der Waals surface area (Å²) in [6, 6.07) is -0.632. The maximum atomic E-state index is 11.1. The van der Waals surface area contributed by atoms with Crippen LogP contribution in [0.2, 0.25) is 0 Å². The summed E-state index contributed by atoms with van der Waals surface area (Å²) in [5.74, 6) is -0.821. The van der Waals surface area contributed by atoms with Crippen LogP contribution in [0.5, 0.6) is 0 Å². The lowest BCUT2D eigenvalue weighted by molar-refractivity contribution is -0.150. The molecule has 0 aliphatic carbocycles. The van der Waals surface area contributed by atoms with Crippen LogP contribution in [0.25, 0.3) is 0 Å². The van der Waals surface area contributed by atoms with Gasteiger partial charge in [-0.3, -0.25) is 4.79 Å². The van der Waals surface area contributed by atoms with Crippen LogP contribution in [-0.4, -0.2) is 24.0 Å². The molecule has 13 heavy (non-hydrogen) atoms. The number of nitrogens with one attached hydrogen (secondary N) is 1. The van der Waals surface area contributed by atoms with Crippen molar-refractivity contribution in [2.45, 2.75) is 32.9 Å². The van der Waals surface area contributed by atoms with Crippen molar-refractivity contribution in [1.82, 2.24) is 5.32 Å². The van der Waals surface area contributed by atoms with E-state index in [9.17, 15) is 9.59 Å². The zero-order valence-electron chi connectivity index (χ0n) is 8.16. The Labute approximate surface area is 78.0 Å². The molecule has 1 N–H and O–H groups in total. The largest absolute Gasteiger partial charge is 0.461 e. The van der Waals surface area contributed by atoms with Gasteiger partial charge in [0.2, 0.25) is 5.91 Å². The Morgan fingerprint density at radius 1 is 1.38 bits per heavy atom. The first-order chi connectivity index (χ1) is 5.97. The maximum Gasteiger partial charge on any atom is 0.328 e. The molecule has 1 amide bonds. The van der Waals surface area contributed by atoms with Crippen molar-refractivity contribution in [2.75, 3.05) is 0 Å². The van der Waals surface area contributed by atoms with Gasteiger partial charge in [-0.25, -0.2) is 4.79 Å². The number of esters is 1. The van der Waals surface area contributed by atoms with Crippen LogP contribution in [0.4, 0.5) is 0 Å². The average Bonchev–Trinajstić information content (AvgIpc) is 2.02. The molecule has 0 aromatic rings. The molecule has 4 heteroatoms. The van der Waals surface area contributed by atoms with Crippen molar-refractivity contribution in [3.8, 4) is 0 Å². The standard InChI is InChI=1S/C9H15NO3/c1-5-8(11)10-7(4)9(12)13-6(2)3/h5-7H,1H2,2-4H3,(H,10,11). The summed E-state index contributed by atoms with van der Waals surface area (Å²) in [4.78, 5) is 21.9. The third-order valence-electron chi connectivity index (χ3n) is 1.25. The van der Waals surface area contributed by atoms with Crippen LogP contribution >= 0.6 is 0 Å². The summed E-state index contributed by atoms with van der Waals surface area (Å²) in [6.45, 7) is 8.33. The molecule has 0 fully saturated rings. The van der Waals surface area contributed by atoms with E-state index in [-0.39, 0.29) is 12.0 Å². The van der Waals surface area contributed by atoms with Crippen LogP contribution < -0.4 is 5.32 Å². The fourth-order valence-corrected chi connectivity index (χ4v) is 0.666. The van der Waals surface area contributed by atoms with Gasteiger partial charge < -0.3 is 10.1 Å². The van der Waals surface area contributed by atoms with Crippen molar-refractivity contribution in [3.05, 3.63) is 12.7 Å². The van der Waals surface area contributed by atoms with Gasteiger partial charge in [-0.15, -0.1) is 0 Å². The number of amides is 1. The molecule has 0 bridgehead atoms. The number of ether oxygens (including phenoxy) is 1. The zero-order valence-corrected chi connectivity index (χ0v) is 8.16. The predicted molar refractivity (Wildman–Crippen MR) is 49.0 cm³/mol. The Morgan fingerprint density at radius 3 is 2.31 bits per heavy atom. The van der Waals surface area contributed by atoms with Gasteiger partial charge in [-0.2, -0.15) is 0 Å². The Morgan fingerprint density at radius 2 is 1.92 bits per heavy atom. The van der Waals surface area contributed by atoms with Gasteiger partial charge in [0.05, 0.1) is 6.10 Å². The van der Waals surface area contributed by atoms with Gasteiger partial charge in [0.1, 0.15) is 6.04 Å². The number of rotatable bonds is 4. The summed E-state index contributed by atoms with van der Waals surface area (Å²) < 4.78 is 4.87. The minimum absolute atomic E-state index is 0.171. The molecule has 0 aromatic heterocycles. The second kappa shape index (κ2) is 5.35. The summed E-state index contributed by atoms with van der Waals surface area (Å²) in [5, 5.41) is 2.40. The van der Waals surface area contributed by atoms with Crippen LogP contribution in [0.15, 0.2) is 12.7 Å². The molecule has 0 aromatic carbocycles. The third-order valence-corrected chi connectivity index (χ3v) is 1.25. The van der Waals surface area contributed by atoms with E-state index in [1.807, 2.05) is 0 Å². The lowest BCUT2D eigenvalue weighted by Crippen LogP contribution is -2.39. The first kappa shape index (κ1) is 11.7. The molecule has 0 aliphatic heterocycles. The van der Waals surface area contributed by atoms with Crippen LogP contribution in [-0.2, 0) is 14.3 Å². The lowest BCUT2D eigenvalue weighted by atomic mass is 10.3. The lowest BCUT2D eigenvalue weighted by Gasteiger charge is -2.13. The topological polar surface area (TPSA) is 55.4 Å². The highest BCUT2D eigenvalue weighted by Gasteiger charge is 2.16. The monoisotopic (exact) mass is 185 g/mol. The Bertz CT molecular complexity index is 211. The average molecular weight is 185 g/mol. The van der Waals surface area contributed by atoms with Crippen molar-refractivity contribution < 1.29 is 14.3 Å². The fourth-order valence-electron chi connectivity index (χ4n) is 0.666. The highest BCUT2D eigenvalue weighted by molar-refractivity contribution is 5.90. The van der Waals surface area contributed by atoms with E-state index in [0.717, 1.165) is 6.08 Å². The molecular weight excluding hydrogens is 170 g/mol. The molecule has 1 unspecified atom stereocenters. The normalized spacial score (nSPS) is 12.0. The molecule has 0 rings (SSSR count). The molecule has 0 heterocycles. The first-order valence-electron chi connectivity index (χ1n) is 4.10. The summed E-state index contributed by atoms with van der Waals surface area (Å²) in [7, 11) is 0. The number of hydrogen-bond donors (Lipinski definition) is 1. The van der Waals surface area contributed by atoms with Crippen LogP contribution in [0, 0.1) is 0 Å². The molecule has 74 valence electrons. The minimum Gasteiger partial charge on any atom is -0.461 e. The number of carbonyl (C=O) groups is 2. The Hall–Kier alpha value is -1.32. The molecule has 0 saturated carbocycles. The van der Waals surface area contributed by atoms with Gasteiger partial charge in [0, 0.05) is 0 Å². The summed E-state index contributed by atoms with van der Waals surface area (Å²) in [6.07, 6.45) is 0.940. The van der Waals surface area contributed by atoms with Gasteiger partial charge in [0.25, 0.3) is 0 Å². The van der Waals surface area contributed by atoms with E-state index in [0.29, 0.717) is 0 Å². The Balaban J connectivity index is 3.96. The second-order valence-electron chi connectivity index (χ2n) is 2.92. The SMILES string of the molecule is C=CC(=O)NC(C)C(=O)OC(C)C. The van der Waals surface area contributed by atoms with Gasteiger partial charge in [0.15, 0.2) is 0 Å². The minimum atomic E-state index is -0.632. The number of carbonyl (C=O) groups excluding carboxylic acids is 2. The van der Waals surface area contributed by atoms with E-state index in [2.05, 4.69) is 11.9 Å². The van der Waals surface area contributed by atoms with Crippen LogP contribution in [0.3, 0.4) is 0 Å². The highest BCUT2D eigenvalue weighted by atomic mass is 16.5. The van der Waals surface area contributed by atoms with Crippen molar-refractivity contribution >= 4 is 11.9 Å². The molecule has 0 spiro atoms. The first-order valence-corrected chi connectivity index (χ1v) is 4.10. The van der Waals surface area contributed by atoms with Crippen molar-refractivity contribution in [3.63, 3.8) is 0 Å². The van der Waals surface area contributed by atoms with E-state index < -0.39 is 12.0 Å². The third kappa shape index (κ3) is 5.00. The van der Waals surface area contributed by atoms with E-state index in [1.54, 1.807) is 20.8 Å². The summed E-state index contributed by atoms with van der Waals surface area (Å²) >= 11 is 0. The van der Waals surface area contributed by atoms with Gasteiger partial charge >= 0.3 is 5.97 Å². The zero-order chi connectivity index (χ0) is 10.4. The molecule has 0 aliphatic rings. The molecule has 4 nitrogen and oxygen atoms in total. The quantitative estimate of drug-likeness (QED) is 0.516. The summed E-state index contributed by atoms with van der Waals surface area (Å²) in [5.41, 5.74) is 0. The van der Waals surface area contributed by atoms with Crippen molar-refractivity contribution in [2.24, 2.45) is 0 Å². The molecule has 1 atom stereocenters. The second-order valence-corrected chi connectivity index (χ2v) is 2.92. The fraction of sp³-hybridized carbons (Fsp3) is 0.556. The van der Waals surface area contributed by atoms with Crippen molar-refractivity contribution in [1.29, 1.82) is 0 Å².